The standard InChI is InChI=1S/C18H26N4OS/c1-12(2)17-19-10-11-22(17)13(3)18(23)20-9-8-16-21-14-6-4-5-7-15(14)24-16/h10-13H,4-9H2,1-3H3,(H,20,23)/t13-/m1/s1. The Bertz CT molecular complexity index is 680. The van der Waals surface area contributed by atoms with Crippen molar-refractivity contribution in [3.8, 4) is 0 Å². The third kappa shape index (κ3) is 3.69. The van der Waals surface area contributed by atoms with E-state index in [9.17, 15) is 4.79 Å². The number of nitrogens with one attached hydrogen (secondary N) is 1. The zero-order valence-electron chi connectivity index (χ0n) is 14.7. The van der Waals surface area contributed by atoms with Crippen LogP contribution in [0.5, 0.6) is 0 Å². The third-order valence-corrected chi connectivity index (χ3v) is 5.76. The molecule has 0 aliphatic heterocycles. The lowest BCUT2D eigenvalue weighted by Gasteiger charge is -2.17. The highest BCUT2D eigenvalue weighted by Gasteiger charge is 2.19. The molecule has 1 atom stereocenters. The Morgan fingerprint density at radius 2 is 2.12 bits per heavy atom. The number of nitrogens with zero attached hydrogens (tertiary/aromatic N) is 3. The van der Waals surface area contributed by atoms with Crippen LogP contribution in [0.2, 0.25) is 0 Å². The largest absolute Gasteiger partial charge is 0.354 e. The van der Waals surface area contributed by atoms with Gasteiger partial charge in [0.1, 0.15) is 11.9 Å². The van der Waals surface area contributed by atoms with Gasteiger partial charge in [0.2, 0.25) is 5.91 Å². The van der Waals surface area contributed by atoms with Crippen LogP contribution >= 0.6 is 11.3 Å². The topological polar surface area (TPSA) is 59.8 Å². The molecule has 0 aromatic carbocycles. The number of hydrogen-bond acceptors (Lipinski definition) is 4. The highest BCUT2D eigenvalue weighted by Crippen LogP contribution is 2.26. The molecule has 1 amide bonds. The van der Waals surface area contributed by atoms with E-state index in [2.05, 4.69) is 24.1 Å². The van der Waals surface area contributed by atoms with Crippen LogP contribution in [0.15, 0.2) is 12.4 Å². The average molecular weight is 347 g/mol. The van der Waals surface area contributed by atoms with Crippen LogP contribution in [0.25, 0.3) is 0 Å². The van der Waals surface area contributed by atoms with Crippen LogP contribution < -0.4 is 5.32 Å². The molecule has 2 aromatic rings. The van der Waals surface area contributed by atoms with Crippen molar-refractivity contribution < 1.29 is 4.79 Å². The smallest absolute Gasteiger partial charge is 0.242 e. The third-order valence-electron chi connectivity index (χ3n) is 4.54. The minimum atomic E-state index is -0.241. The second-order valence-electron chi connectivity index (χ2n) is 6.75. The monoisotopic (exact) mass is 346 g/mol. The highest BCUT2D eigenvalue weighted by molar-refractivity contribution is 7.11. The van der Waals surface area contributed by atoms with Gasteiger partial charge in [-0.25, -0.2) is 9.97 Å². The van der Waals surface area contributed by atoms with Gasteiger partial charge in [0.25, 0.3) is 0 Å². The summed E-state index contributed by atoms with van der Waals surface area (Å²) in [6, 6.07) is -0.241. The second-order valence-corrected chi connectivity index (χ2v) is 7.92. The molecule has 2 heterocycles. The molecule has 0 bridgehead atoms. The Morgan fingerprint density at radius 1 is 1.33 bits per heavy atom. The molecule has 3 rings (SSSR count). The fourth-order valence-electron chi connectivity index (χ4n) is 3.18. The van der Waals surface area contributed by atoms with Crippen molar-refractivity contribution in [2.24, 2.45) is 0 Å². The van der Waals surface area contributed by atoms with E-state index in [4.69, 9.17) is 4.98 Å². The van der Waals surface area contributed by atoms with E-state index in [1.165, 1.54) is 29.8 Å². The molecule has 5 nitrogen and oxygen atoms in total. The van der Waals surface area contributed by atoms with Gasteiger partial charge in [-0.2, -0.15) is 0 Å². The van der Waals surface area contributed by atoms with Crippen molar-refractivity contribution in [3.63, 3.8) is 0 Å². The second kappa shape index (κ2) is 7.47. The van der Waals surface area contributed by atoms with Crippen molar-refractivity contribution in [2.75, 3.05) is 6.54 Å². The first-order valence-corrected chi connectivity index (χ1v) is 9.65. The molecular formula is C18H26N4OS. The number of hydrogen-bond donors (Lipinski definition) is 1. The van der Waals surface area contributed by atoms with Crippen LogP contribution in [-0.4, -0.2) is 27.0 Å². The van der Waals surface area contributed by atoms with Gasteiger partial charge in [0, 0.05) is 36.2 Å². The molecule has 24 heavy (non-hydrogen) atoms. The Morgan fingerprint density at radius 3 is 2.88 bits per heavy atom. The molecule has 130 valence electrons. The first-order chi connectivity index (χ1) is 11.6. The molecule has 0 saturated carbocycles. The summed E-state index contributed by atoms with van der Waals surface area (Å²) in [5, 5.41) is 4.20. The number of carbonyl (C=O) groups is 1. The van der Waals surface area contributed by atoms with E-state index in [1.54, 1.807) is 6.20 Å². The molecule has 1 N–H and O–H groups in total. The zero-order valence-corrected chi connectivity index (χ0v) is 15.5. The minimum absolute atomic E-state index is 0.0382. The predicted molar refractivity (Wildman–Crippen MR) is 96.5 cm³/mol. The van der Waals surface area contributed by atoms with Gasteiger partial charge in [0.05, 0.1) is 10.7 Å². The van der Waals surface area contributed by atoms with Crippen LogP contribution in [0, 0.1) is 0 Å². The fourth-order valence-corrected chi connectivity index (χ4v) is 4.33. The number of imidazole rings is 1. The number of rotatable bonds is 6. The first kappa shape index (κ1) is 17.1. The maximum absolute atomic E-state index is 12.4. The number of carbonyl (C=O) groups excluding carboxylic acids is 1. The van der Waals surface area contributed by atoms with Crippen LogP contribution in [0.1, 0.15) is 67.0 Å². The van der Waals surface area contributed by atoms with Gasteiger partial charge in [-0.1, -0.05) is 13.8 Å². The maximum atomic E-state index is 12.4. The van der Waals surface area contributed by atoms with Gasteiger partial charge >= 0.3 is 0 Å². The zero-order chi connectivity index (χ0) is 17.1. The molecular weight excluding hydrogens is 320 g/mol. The van der Waals surface area contributed by atoms with Crippen LogP contribution in [-0.2, 0) is 24.1 Å². The molecule has 1 aliphatic rings. The lowest BCUT2D eigenvalue weighted by atomic mass is 10.0. The first-order valence-electron chi connectivity index (χ1n) is 8.84. The SMILES string of the molecule is CC(C)c1nccn1[C@H](C)C(=O)NCCc1nc2c(s1)CCCC2. The lowest BCUT2D eigenvalue weighted by Crippen LogP contribution is -2.33. The summed E-state index contributed by atoms with van der Waals surface area (Å²) in [5.41, 5.74) is 1.29. The van der Waals surface area contributed by atoms with Gasteiger partial charge in [0.15, 0.2) is 0 Å². The summed E-state index contributed by atoms with van der Waals surface area (Å²) in [7, 11) is 0. The van der Waals surface area contributed by atoms with Crippen molar-refractivity contribution in [3.05, 3.63) is 33.8 Å². The highest BCUT2D eigenvalue weighted by atomic mass is 32.1. The van der Waals surface area contributed by atoms with Crippen molar-refractivity contribution in [1.29, 1.82) is 0 Å². The average Bonchev–Trinajstić information content (AvgIpc) is 3.20. The number of aryl methyl sites for hydroxylation is 2. The Labute approximate surface area is 147 Å². The van der Waals surface area contributed by atoms with Gasteiger partial charge < -0.3 is 9.88 Å². The minimum Gasteiger partial charge on any atom is -0.354 e. The maximum Gasteiger partial charge on any atom is 0.242 e. The molecule has 1 aliphatic carbocycles. The molecule has 2 aromatic heterocycles. The van der Waals surface area contributed by atoms with E-state index in [0.717, 1.165) is 23.7 Å². The van der Waals surface area contributed by atoms with E-state index in [-0.39, 0.29) is 11.9 Å². The van der Waals surface area contributed by atoms with Crippen molar-refractivity contribution in [2.45, 2.75) is 64.8 Å². The molecule has 0 unspecified atom stereocenters. The van der Waals surface area contributed by atoms with Gasteiger partial charge in [-0.15, -0.1) is 11.3 Å². The quantitative estimate of drug-likeness (QED) is 0.873. The van der Waals surface area contributed by atoms with Crippen molar-refractivity contribution in [1.82, 2.24) is 19.9 Å². The Balaban J connectivity index is 1.53. The predicted octanol–water partition coefficient (Wildman–Crippen LogP) is 3.26. The van der Waals surface area contributed by atoms with Crippen LogP contribution in [0.4, 0.5) is 0 Å². The summed E-state index contributed by atoms with van der Waals surface area (Å²) in [6.45, 7) is 6.74. The number of amides is 1. The van der Waals surface area contributed by atoms with Gasteiger partial charge in [-0.05, 0) is 32.6 Å². The Kier molecular flexibility index (Phi) is 5.33. The van der Waals surface area contributed by atoms with E-state index in [0.29, 0.717) is 12.5 Å². The summed E-state index contributed by atoms with van der Waals surface area (Å²) >= 11 is 1.82. The summed E-state index contributed by atoms with van der Waals surface area (Å²) < 4.78 is 1.96. The summed E-state index contributed by atoms with van der Waals surface area (Å²) in [4.78, 5) is 23.0. The van der Waals surface area contributed by atoms with E-state index in [1.807, 2.05) is 29.0 Å². The molecule has 0 saturated heterocycles. The normalized spacial score (nSPS) is 15.3. The molecule has 6 heteroatoms. The van der Waals surface area contributed by atoms with E-state index < -0.39 is 0 Å². The summed E-state index contributed by atoms with van der Waals surface area (Å²) in [5.74, 6) is 1.29. The molecule has 0 radical (unpaired) electrons. The fraction of sp³-hybridized carbons (Fsp3) is 0.611. The number of thiazole rings is 1. The molecule has 0 spiro atoms. The molecule has 0 fully saturated rings. The Hall–Kier alpha value is -1.69. The summed E-state index contributed by atoms with van der Waals surface area (Å²) in [6.07, 6.45) is 9.30. The van der Waals surface area contributed by atoms with Crippen molar-refractivity contribution >= 4 is 17.2 Å². The number of aromatic nitrogens is 3. The van der Waals surface area contributed by atoms with Gasteiger partial charge in [-0.3, -0.25) is 4.79 Å². The lowest BCUT2D eigenvalue weighted by molar-refractivity contribution is -0.123. The van der Waals surface area contributed by atoms with E-state index >= 15 is 0 Å². The number of fused-ring (bicyclic) bond motifs is 1. The van der Waals surface area contributed by atoms with Crippen LogP contribution in [0.3, 0.4) is 0 Å².